The first kappa shape index (κ1) is 13.6. The molecule has 0 amide bonds. The van der Waals surface area contributed by atoms with Crippen molar-refractivity contribution < 1.29 is 4.74 Å². The monoisotopic (exact) mass is 272 g/mol. The summed E-state index contributed by atoms with van der Waals surface area (Å²) in [4.78, 5) is 0. The highest BCUT2D eigenvalue weighted by atomic mass is 32.1. The van der Waals surface area contributed by atoms with Gasteiger partial charge in [-0.05, 0) is 35.4 Å². The van der Waals surface area contributed by atoms with Crippen LogP contribution in [0.4, 0.5) is 0 Å². The fraction of sp³-hybridized carbons (Fsp3) is 0.267. The maximum absolute atomic E-state index is 8.57. The van der Waals surface area contributed by atoms with Gasteiger partial charge in [-0.1, -0.05) is 18.2 Å². The van der Waals surface area contributed by atoms with E-state index in [0.29, 0.717) is 6.04 Å². The second-order valence-corrected chi connectivity index (χ2v) is 4.99. The summed E-state index contributed by atoms with van der Waals surface area (Å²) >= 11 is 1.70. The molecule has 98 valence electrons. The average Bonchev–Trinajstić information content (AvgIpc) is 2.97. The minimum absolute atomic E-state index is 0.0805. The van der Waals surface area contributed by atoms with Gasteiger partial charge < -0.3 is 10.1 Å². The predicted octanol–water partition coefficient (Wildman–Crippen LogP) is 3.50. The third-order valence-electron chi connectivity index (χ3n) is 2.91. The molecular formula is C15H16N2OS. The van der Waals surface area contributed by atoms with Crippen LogP contribution < -0.4 is 10.1 Å². The number of benzene rings is 1. The van der Waals surface area contributed by atoms with Crippen LogP contribution in [0.2, 0.25) is 0 Å². The molecule has 1 aromatic carbocycles. The molecule has 3 nitrogen and oxygen atoms in total. The van der Waals surface area contributed by atoms with E-state index in [-0.39, 0.29) is 6.61 Å². The average molecular weight is 272 g/mol. The molecule has 2 rings (SSSR count). The molecule has 0 bridgehead atoms. The van der Waals surface area contributed by atoms with E-state index >= 15 is 0 Å². The molecule has 1 N–H and O–H groups in total. The van der Waals surface area contributed by atoms with Gasteiger partial charge in [0.15, 0.2) is 6.61 Å². The molecule has 0 aliphatic rings. The smallest absolute Gasteiger partial charge is 0.174 e. The lowest BCUT2D eigenvalue weighted by Gasteiger charge is -2.14. The molecule has 0 aliphatic carbocycles. The first-order chi connectivity index (χ1) is 9.31. The SMILES string of the molecule is CC(NCc1ccccc1OCC#N)c1ccsc1. The highest BCUT2D eigenvalue weighted by Crippen LogP contribution is 2.20. The third-order valence-corrected chi connectivity index (χ3v) is 3.61. The Bertz CT molecular complexity index is 546. The molecule has 0 fully saturated rings. The van der Waals surface area contributed by atoms with E-state index in [0.717, 1.165) is 17.9 Å². The van der Waals surface area contributed by atoms with Crippen LogP contribution in [0.25, 0.3) is 0 Å². The Hall–Kier alpha value is -1.83. The van der Waals surface area contributed by atoms with Gasteiger partial charge in [-0.25, -0.2) is 0 Å². The zero-order valence-electron chi connectivity index (χ0n) is 10.8. The summed E-state index contributed by atoms with van der Waals surface area (Å²) < 4.78 is 5.41. The number of hydrogen-bond acceptors (Lipinski definition) is 4. The van der Waals surface area contributed by atoms with Crippen LogP contribution in [0.15, 0.2) is 41.1 Å². The van der Waals surface area contributed by atoms with Crippen molar-refractivity contribution in [3.05, 3.63) is 52.2 Å². The minimum atomic E-state index is 0.0805. The highest BCUT2D eigenvalue weighted by Gasteiger charge is 2.07. The van der Waals surface area contributed by atoms with Crippen molar-refractivity contribution in [3.63, 3.8) is 0 Å². The summed E-state index contributed by atoms with van der Waals surface area (Å²) in [5.74, 6) is 0.772. The van der Waals surface area contributed by atoms with E-state index in [1.165, 1.54) is 5.56 Å². The van der Waals surface area contributed by atoms with Crippen LogP contribution in [0, 0.1) is 11.3 Å². The highest BCUT2D eigenvalue weighted by molar-refractivity contribution is 7.07. The minimum Gasteiger partial charge on any atom is -0.478 e. The number of ether oxygens (including phenoxy) is 1. The van der Waals surface area contributed by atoms with Crippen LogP contribution in [-0.2, 0) is 6.54 Å². The molecule has 1 aromatic heterocycles. The van der Waals surface area contributed by atoms with E-state index in [2.05, 4.69) is 29.1 Å². The van der Waals surface area contributed by atoms with Gasteiger partial charge in [0, 0.05) is 18.2 Å². The maximum Gasteiger partial charge on any atom is 0.174 e. The first-order valence-electron chi connectivity index (χ1n) is 6.14. The van der Waals surface area contributed by atoms with Crippen molar-refractivity contribution in [3.8, 4) is 11.8 Å². The van der Waals surface area contributed by atoms with E-state index in [4.69, 9.17) is 10.00 Å². The van der Waals surface area contributed by atoms with Crippen molar-refractivity contribution in [2.75, 3.05) is 6.61 Å². The number of hydrogen-bond donors (Lipinski definition) is 1. The normalized spacial score (nSPS) is 11.8. The summed E-state index contributed by atoms with van der Waals surface area (Å²) in [6.45, 7) is 2.94. The molecule has 1 atom stereocenters. The zero-order valence-corrected chi connectivity index (χ0v) is 11.6. The van der Waals surface area contributed by atoms with Crippen LogP contribution in [0.3, 0.4) is 0 Å². The second-order valence-electron chi connectivity index (χ2n) is 4.21. The number of para-hydroxylation sites is 1. The summed E-state index contributed by atoms with van der Waals surface area (Å²) in [6.07, 6.45) is 0. The molecule has 19 heavy (non-hydrogen) atoms. The molecular weight excluding hydrogens is 256 g/mol. The van der Waals surface area contributed by atoms with Gasteiger partial charge in [0.2, 0.25) is 0 Å². The molecule has 0 radical (unpaired) electrons. The van der Waals surface area contributed by atoms with Crippen LogP contribution in [-0.4, -0.2) is 6.61 Å². The standard InChI is InChI=1S/C15H16N2OS/c1-12(14-6-9-19-11-14)17-10-13-4-2-3-5-15(13)18-8-7-16/h2-6,9,11-12,17H,8,10H2,1H3. The number of nitrogens with zero attached hydrogens (tertiary/aromatic N) is 1. The molecule has 4 heteroatoms. The quantitative estimate of drug-likeness (QED) is 0.875. The second kappa shape index (κ2) is 6.93. The van der Waals surface area contributed by atoms with E-state index in [1.807, 2.05) is 30.3 Å². The largest absolute Gasteiger partial charge is 0.478 e. The fourth-order valence-corrected chi connectivity index (χ4v) is 2.56. The van der Waals surface area contributed by atoms with Gasteiger partial charge in [0.05, 0.1) is 0 Å². The Kier molecular flexibility index (Phi) is 4.96. The van der Waals surface area contributed by atoms with E-state index < -0.39 is 0 Å². The van der Waals surface area contributed by atoms with E-state index in [1.54, 1.807) is 11.3 Å². The van der Waals surface area contributed by atoms with Crippen molar-refractivity contribution >= 4 is 11.3 Å². The number of rotatable bonds is 6. The van der Waals surface area contributed by atoms with Crippen molar-refractivity contribution in [1.82, 2.24) is 5.32 Å². The Morgan fingerprint density at radius 3 is 2.95 bits per heavy atom. The van der Waals surface area contributed by atoms with E-state index in [9.17, 15) is 0 Å². The van der Waals surface area contributed by atoms with Crippen molar-refractivity contribution in [1.29, 1.82) is 5.26 Å². The number of thiophene rings is 1. The van der Waals surface area contributed by atoms with Gasteiger partial charge in [-0.15, -0.1) is 0 Å². The Morgan fingerprint density at radius 1 is 1.37 bits per heavy atom. The van der Waals surface area contributed by atoms with Gasteiger partial charge in [0.1, 0.15) is 11.8 Å². The number of nitriles is 1. The Morgan fingerprint density at radius 2 is 2.21 bits per heavy atom. The fourth-order valence-electron chi connectivity index (χ4n) is 1.80. The lowest BCUT2D eigenvalue weighted by Crippen LogP contribution is -2.18. The molecule has 0 saturated heterocycles. The molecule has 1 heterocycles. The first-order valence-corrected chi connectivity index (χ1v) is 7.08. The van der Waals surface area contributed by atoms with Crippen LogP contribution in [0.5, 0.6) is 5.75 Å². The summed E-state index contributed by atoms with van der Waals surface area (Å²) in [7, 11) is 0. The summed E-state index contributed by atoms with van der Waals surface area (Å²) in [6, 6.07) is 12.2. The molecule has 0 spiro atoms. The number of nitrogens with one attached hydrogen (secondary N) is 1. The molecule has 2 aromatic rings. The molecule has 0 aliphatic heterocycles. The van der Waals surface area contributed by atoms with Crippen LogP contribution in [0.1, 0.15) is 24.1 Å². The topological polar surface area (TPSA) is 45.0 Å². The lowest BCUT2D eigenvalue weighted by molar-refractivity contribution is 0.361. The van der Waals surface area contributed by atoms with Crippen molar-refractivity contribution in [2.45, 2.75) is 19.5 Å². The Balaban J connectivity index is 1.97. The maximum atomic E-state index is 8.57. The van der Waals surface area contributed by atoms with Gasteiger partial charge in [0.25, 0.3) is 0 Å². The summed E-state index contributed by atoms with van der Waals surface area (Å²) in [5, 5.41) is 16.3. The third kappa shape index (κ3) is 3.82. The van der Waals surface area contributed by atoms with Crippen LogP contribution >= 0.6 is 11.3 Å². The summed E-state index contributed by atoms with van der Waals surface area (Å²) in [5.41, 5.74) is 2.36. The van der Waals surface area contributed by atoms with Gasteiger partial charge in [-0.2, -0.15) is 16.6 Å². The van der Waals surface area contributed by atoms with Gasteiger partial charge >= 0.3 is 0 Å². The van der Waals surface area contributed by atoms with Gasteiger partial charge in [-0.3, -0.25) is 0 Å². The van der Waals surface area contributed by atoms with Crippen molar-refractivity contribution in [2.24, 2.45) is 0 Å². The lowest BCUT2D eigenvalue weighted by atomic mass is 10.1. The zero-order chi connectivity index (χ0) is 13.5. The predicted molar refractivity (Wildman–Crippen MR) is 77.1 cm³/mol. The molecule has 0 saturated carbocycles. The molecule has 1 unspecified atom stereocenters. The Labute approximate surface area is 117 Å².